The lowest BCUT2D eigenvalue weighted by Gasteiger charge is -2.17. The van der Waals surface area contributed by atoms with Crippen LogP contribution < -0.4 is 15.6 Å². The fourth-order valence-electron chi connectivity index (χ4n) is 3.07. The smallest absolute Gasteiger partial charge is 0.267 e. The van der Waals surface area contributed by atoms with Crippen molar-refractivity contribution < 1.29 is 14.6 Å². The molecule has 0 fully saturated rings. The van der Waals surface area contributed by atoms with Crippen LogP contribution in [0.5, 0.6) is 11.5 Å². The van der Waals surface area contributed by atoms with Crippen LogP contribution in [-0.4, -0.2) is 22.7 Å². The third-order valence-electron chi connectivity index (χ3n) is 4.28. The van der Waals surface area contributed by atoms with Crippen LogP contribution in [0.3, 0.4) is 0 Å². The molecule has 0 saturated heterocycles. The Morgan fingerprint density at radius 1 is 1.15 bits per heavy atom. The number of ether oxygens (including phenoxy) is 1. The number of amides is 1. The fourth-order valence-corrected chi connectivity index (χ4v) is 3.07. The minimum Gasteiger partial charge on any atom is -0.506 e. The normalized spacial score (nSPS) is 11.0. The summed E-state index contributed by atoms with van der Waals surface area (Å²) in [5.74, 6) is -0.331. The molecule has 1 amide bonds. The predicted octanol–water partition coefficient (Wildman–Crippen LogP) is 3.62. The molecule has 0 radical (unpaired) electrons. The number of hydrogen-bond acceptors (Lipinski definition) is 4. The van der Waals surface area contributed by atoms with E-state index in [0.29, 0.717) is 28.9 Å². The number of nitrogens with one attached hydrogen (secondary N) is 1. The van der Waals surface area contributed by atoms with Gasteiger partial charge in [-0.3, -0.25) is 9.59 Å². The van der Waals surface area contributed by atoms with Gasteiger partial charge >= 0.3 is 0 Å². The molecule has 0 aliphatic heterocycles. The van der Waals surface area contributed by atoms with Crippen molar-refractivity contribution in [3.63, 3.8) is 0 Å². The van der Waals surface area contributed by atoms with Gasteiger partial charge in [-0.1, -0.05) is 38.1 Å². The lowest BCUT2D eigenvalue weighted by atomic mass is 10.1. The van der Waals surface area contributed by atoms with Gasteiger partial charge in [0.25, 0.3) is 11.5 Å². The number of anilines is 1. The van der Waals surface area contributed by atoms with E-state index in [2.05, 4.69) is 5.32 Å². The monoisotopic (exact) mass is 366 g/mol. The molecule has 0 aliphatic carbocycles. The lowest BCUT2D eigenvalue weighted by molar-refractivity contribution is 0.102. The molecule has 1 heterocycles. The number of nitrogens with zero attached hydrogens (tertiary/aromatic N) is 1. The van der Waals surface area contributed by atoms with Crippen molar-refractivity contribution in [3.05, 3.63) is 64.4 Å². The van der Waals surface area contributed by atoms with Gasteiger partial charge in [0.1, 0.15) is 17.1 Å². The molecule has 2 aromatic carbocycles. The van der Waals surface area contributed by atoms with Crippen LogP contribution in [0.4, 0.5) is 5.69 Å². The Balaban J connectivity index is 2.16. The highest BCUT2D eigenvalue weighted by Gasteiger charge is 2.23. The molecule has 0 saturated carbocycles. The zero-order valence-corrected chi connectivity index (χ0v) is 15.5. The number of carbonyl (C=O) groups excluding carboxylic acids is 1. The highest BCUT2D eigenvalue weighted by molar-refractivity contribution is 6.09. The van der Waals surface area contributed by atoms with E-state index in [0.717, 1.165) is 0 Å². The Morgan fingerprint density at radius 2 is 1.81 bits per heavy atom. The molecule has 140 valence electrons. The molecule has 6 nitrogen and oxygen atoms in total. The third-order valence-corrected chi connectivity index (χ3v) is 4.28. The van der Waals surface area contributed by atoms with Crippen LogP contribution in [0, 0.1) is 5.92 Å². The van der Waals surface area contributed by atoms with Crippen LogP contribution in [0.15, 0.2) is 53.3 Å². The number of fused-ring (bicyclic) bond motifs is 1. The quantitative estimate of drug-likeness (QED) is 0.723. The molecule has 0 aliphatic rings. The van der Waals surface area contributed by atoms with E-state index in [-0.39, 0.29) is 17.2 Å². The molecular formula is C21H22N2O4. The van der Waals surface area contributed by atoms with E-state index in [1.807, 2.05) is 13.8 Å². The van der Waals surface area contributed by atoms with Crippen LogP contribution in [0.25, 0.3) is 10.9 Å². The maximum Gasteiger partial charge on any atom is 0.267 e. The maximum atomic E-state index is 13.0. The van der Waals surface area contributed by atoms with Gasteiger partial charge in [0.15, 0.2) is 0 Å². The zero-order valence-electron chi connectivity index (χ0n) is 15.5. The molecule has 0 atom stereocenters. The van der Waals surface area contributed by atoms with Crippen molar-refractivity contribution in [3.8, 4) is 11.5 Å². The number of para-hydroxylation sites is 3. The summed E-state index contributed by atoms with van der Waals surface area (Å²) in [6.45, 7) is 4.42. The van der Waals surface area contributed by atoms with Crippen molar-refractivity contribution in [1.82, 2.24) is 4.57 Å². The summed E-state index contributed by atoms with van der Waals surface area (Å²) in [5.41, 5.74) is 0.225. The van der Waals surface area contributed by atoms with Gasteiger partial charge in [-0.25, -0.2) is 0 Å². The molecule has 1 aromatic heterocycles. The summed E-state index contributed by atoms with van der Waals surface area (Å²) in [4.78, 5) is 25.9. The van der Waals surface area contributed by atoms with E-state index in [1.165, 1.54) is 11.7 Å². The topological polar surface area (TPSA) is 80.6 Å². The Bertz CT molecular complexity index is 1050. The van der Waals surface area contributed by atoms with E-state index < -0.39 is 11.5 Å². The average Bonchev–Trinajstić information content (AvgIpc) is 2.65. The highest BCUT2D eigenvalue weighted by Crippen LogP contribution is 2.29. The Hall–Kier alpha value is -3.28. The Kier molecular flexibility index (Phi) is 5.16. The van der Waals surface area contributed by atoms with E-state index in [9.17, 15) is 14.7 Å². The zero-order chi connectivity index (χ0) is 19.6. The van der Waals surface area contributed by atoms with Gasteiger partial charge in [-0.05, 0) is 30.2 Å². The minimum absolute atomic E-state index is 0.195. The van der Waals surface area contributed by atoms with Crippen LogP contribution >= 0.6 is 0 Å². The predicted molar refractivity (Wildman–Crippen MR) is 106 cm³/mol. The second-order valence-corrected chi connectivity index (χ2v) is 6.70. The first-order valence-corrected chi connectivity index (χ1v) is 8.73. The number of aromatic hydroxyl groups is 1. The van der Waals surface area contributed by atoms with Gasteiger partial charge < -0.3 is 19.7 Å². The number of pyridine rings is 1. The van der Waals surface area contributed by atoms with Gasteiger partial charge in [0.2, 0.25) is 0 Å². The standard InChI is InChI=1S/C21H22N2O4/c1-13(2)12-23-16-10-6-4-8-14(16)19(24)18(21(23)26)20(25)22-15-9-5-7-11-17(15)27-3/h4-11,13,24H,12H2,1-3H3,(H,22,25). The molecule has 0 spiro atoms. The maximum absolute atomic E-state index is 13.0. The van der Waals surface area contributed by atoms with Gasteiger partial charge in [0.05, 0.1) is 18.3 Å². The summed E-state index contributed by atoms with van der Waals surface area (Å²) < 4.78 is 6.77. The molecule has 2 N–H and O–H groups in total. The van der Waals surface area contributed by atoms with Crippen molar-refractivity contribution in [2.75, 3.05) is 12.4 Å². The molecular weight excluding hydrogens is 344 g/mol. The van der Waals surface area contributed by atoms with E-state index in [1.54, 1.807) is 48.5 Å². The van der Waals surface area contributed by atoms with Gasteiger partial charge in [-0.2, -0.15) is 0 Å². The number of rotatable bonds is 5. The SMILES string of the molecule is COc1ccccc1NC(=O)c1c(O)c2ccccc2n(CC(C)C)c1=O. The van der Waals surface area contributed by atoms with Gasteiger partial charge in [-0.15, -0.1) is 0 Å². The highest BCUT2D eigenvalue weighted by atomic mass is 16.5. The van der Waals surface area contributed by atoms with Crippen molar-refractivity contribution in [2.45, 2.75) is 20.4 Å². The number of aromatic nitrogens is 1. The van der Waals surface area contributed by atoms with E-state index in [4.69, 9.17) is 4.74 Å². The van der Waals surface area contributed by atoms with Crippen LogP contribution in [0.1, 0.15) is 24.2 Å². The first-order chi connectivity index (χ1) is 12.9. The molecule has 27 heavy (non-hydrogen) atoms. The van der Waals surface area contributed by atoms with Crippen LogP contribution in [-0.2, 0) is 6.54 Å². The van der Waals surface area contributed by atoms with Crippen molar-refractivity contribution in [1.29, 1.82) is 0 Å². The molecule has 0 bridgehead atoms. The largest absolute Gasteiger partial charge is 0.506 e. The molecule has 0 unspecified atom stereocenters. The molecule has 6 heteroatoms. The Morgan fingerprint density at radius 3 is 2.52 bits per heavy atom. The summed E-state index contributed by atoms with van der Waals surface area (Å²) in [6.07, 6.45) is 0. The number of carbonyl (C=O) groups is 1. The van der Waals surface area contributed by atoms with Gasteiger partial charge in [0, 0.05) is 11.9 Å². The van der Waals surface area contributed by atoms with Crippen molar-refractivity contribution in [2.24, 2.45) is 5.92 Å². The first-order valence-electron chi connectivity index (χ1n) is 8.73. The van der Waals surface area contributed by atoms with Crippen LogP contribution in [0.2, 0.25) is 0 Å². The number of benzene rings is 2. The average molecular weight is 366 g/mol. The lowest BCUT2D eigenvalue weighted by Crippen LogP contribution is -2.31. The van der Waals surface area contributed by atoms with Crippen molar-refractivity contribution >= 4 is 22.5 Å². The summed E-state index contributed by atoms with van der Waals surface area (Å²) in [5, 5.41) is 13.8. The second kappa shape index (κ2) is 7.53. The number of hydrogen-bond donors (Lipinski definition) is 2. The molecule has 3 aromatic rings. The molecule has 3 rings (SSSR count). The summed E-state index contributed by atoms with van der Waals surface area (Å²) >= 11 is 0. The van der Waals surface area contributed by atoms with E-state index >= 15 is 0 Å². The number of methoxy groups -OCH3 is 1. The second-order valence-electron chi connectivity index (χ2n) is 6.70. The summed E-state index contributed by atoms with van der Waals surface area (Å²) in [7, 11) is 1.49. The third kappa shape index (κ3) is 3.51. The first kappa shape index (κ1) is 18.5. The summed E-state index contributed by atoms with van der Waals surface area (Å²) in [6, 6.07) is 13.9. The fraction of sp³-hybridized carbons (Fsp3) is 0.238. The Labute approximate surface area is 157 Å². The minimum atomic E-state index is -0.676.